The van der Waals surface area contributed by atoms with Gasteiger partial charge in [0.1, 0.15) is 18.0 Å². The minimum atomic E-state index is -0.279. The van der Waals surface area contributed by atoms with Crippen LogP contribution in [0.4, 0.5) is 0 Å². The first-order valence-corrected chi connectivity index (χ1v) is 10.4. The third-order valence-corrected chi connectivity index (χ3v) is 5.64. The van der Waals surface area contributed by atoms with Crippen LogP contribution in [-0.4, -0.2) is 50.9 Å². The van der Waals surface area contributed by atoms with Crippen molar-refractivity contribution >= 4 is 23.9 Å². The van der Waals surface area contributed by atoms with Gasteiger partial charge < -0.3 is 14.4 Å². The van der Waals surface area contributed by atoms with Crippen LogP contribution in [0.15, 0.2) is 47.6 Å². The summed E-state index contributed by atoms with van der Waals surface area (Å²) in [4.78, 5) is 13.8. The Balaban J connectivity index is 1.65. The molecule has 0 aromatic heterocycles. The number of nitrogens with one attached hydrogen (secondary N) is 2. The van der Waals surface area contributed by atoms with Crippen molar-refractivity contribution in [3.63, 3.8) is 0 Å². The van der Waals surface area contributed by atoms with Gasteiger partial charge in [0.15, 0.2) is 0 Å². The number of hydrogen-bond donors (Lipinski definition) is 2. The summed E-state index contributed by atoms with van der Waals surface area (Å²) in [7, 11) is 3.27. The molecule has 1 amide bonds. The molecule has 0 spiro atoms. The van der Waals surface area contributed by atoms with E-state index >= 15 is 0 Å². The van der Waals surface area contributed by atoms with Gasteiger partial charge in [0.2, 0.25) is 0 Å². The number of hydrogen-bond acceptors (Lipinski definition) is 5. The highest BCUT2D eigenvalue weighted by atomic mass is 32.2. The molecule has 28 heavy (non-hydrogen) atoms. The first kappa shape index (κ1) is 20.2. The number of amides is 1. The Morgan fingerprint density at radius 1 is 1.18 bits per heavy atom. The van der Waals surface area contributed by atoms with Gasteiger partial charge in [-0.2, -0.15) is 16.9 Å². The van der Waals surface area contributed by atoms with Crippen LogP contribution in [0.1, 0.15) is 21.5 Å². The molecule has 1 heterocycles. The van der Waals surface area contributed by atoms with Crippen molar-refractivity contribution in [2.24, 2.45) is 5.10 Å². The second kappa shape index (κ2) is 10.1. The van der Waals surface area contributed by atoms with E-state index in [0.717, 1.165) is 23.4 Å². The van der Waals surface area contributed by atoms with Crippen LogP contribution in [0.2, 0.25) is 0 Å². The molecule has 0 bridgehead atoms. The van der Waals surface area contributed by atoms with E-state index in [-0.39, 0.29) is 5.91 Å². The Kier molecular flexibility index (Phi) is 7.33. The summed E-state index contributed by atoms with van der Waals surface area (Å²) in [5.74, 6) is 3.65. The van der Waals surface area contributed by atoms with Crippen LogP contribution in [0.3, 0.4) is 0 Å². The molecule has 0 unspecified atom stereocenters. The zero-order valence-electron chi connectivity index (χ0n) is 16.2. The Labute approximate surface area is 169 Å². The average Bonchev–Trinajstić information content (AvgIpc) is 2.74. The monoisotopic (exact) mass is 400 g/mol. The molecular formula is C21H26N3O3S+. The first-order valence-electron chi connectivity index (χ1n) is 9.25. The van der Waals surface area contributed by atoms with E-state index in [4.69, 9.17) is 9.47 Å². The lowest BCUT2D eigenvalue weighted by atomic mass is 10.1. The Hall–Kier alpha value is -2.51. The van der Waals surface area contributed by atoms with Crippen molar-refractivity contribution in [1.29, 1.82) is 0 Å². The highest BCUT2D eigenvalue weighted by Crippen LogP contribution is 2.19. The standard InChI is InChI=1S/C21H25N3O3S/c1-26-19-5-3-4-17(13-19)21(25)23-22-14-16-6-7-20(27-2)18(12-16)15-24-8-10-28-11-9-24/h3-7,12-14H,8-11,15H2,1-2H3,(H,23,25)/p+1/b22-14+. The number of quaternary nitrogens is 1. The molecule has 0 radical (unpaired) electrons. The van der Waals surface area contributed by atoms with Crippen LogP contribution in [-0.2, 0) is 6.54 Å². The molecule has 1 aliphatic heterocycles. The van der Waals surface area contributed by atoms with E-state index in [2.05, 4.69) is 16.6 Å². The van der Waals surface area contributed by atoms with Gasteiger partial charge in [-0.25, -0.2) is 5.43 Å². The zero-order valence-corrected chi connectivity index (χ0v) is 17.1. The molecule has 1 aliphatic rings. The molecule has 148 valence electrons. The lowest BCUT2D eigenvalue weighted by Crippen LogP contribution is -3.12. The van der Waals surface area contributed by atoms with Gasteiger partial charge >= 0.3 is 0 Å². The number of methoxy groups -OCH3 is 2. The number of ether oxygens (including phenoxy) is 2. The first-order chi connectivity index (χ1) is 13.7. The number of hydrazone groups is 1. The maximum atomic E-state index is 12.2. The summed E-state index contributed by atoms with van der Waals surface area (Å²) in [5.41, 5.74) is 5.15. The number of benzene rings is 2. The van der Waals surface area contributed by atoms with E-state index in [1.165, 1.54) is 24.6 Å². The summed E-state index contributed by atoms with van der Waals surface area (Å²) in [6.45, 7) is 3.27. The van der Waals surface area contributed by atoms with Gasteiger partial charge in [-0.05, 0) is 42.0 Å². The molecule has 0 atom stereocenters. The zero-order chi connectivity index (χ0) is 19.8. The van der Waals surface area contributed by atoms with Crippen molar-refractivity contribution in [2.75, 3.05) is 38.8 Å². The van der Waals surface area contributed by atoms with Crippen LogP contribution < -0.4 is 19.8 Å². The van der Waals surface area contributed by atoms with Gasteiger partial charge in [-0.1, -0.05) is 6.07 Å². The third-order valence-electron chi connectivity index (χ3n) is 4.66. The van der Waals surface area contributed by atoms with Crippen molar-refractivity contribution in [2.45, 2.75) is 6.54 Å². The fourth-order valence-corrected chi connectivity index (χ4v) is 4.19. The molecule has 1 fully saturated rings. The quantitative estimate of drug-likeness (QED) is 0.547. The maximum Gasteiger partial charge on any atom is 0.271 e. The highest BCUT2D eigenvalue weighted by Gasteiger charge is 2.16. The van der Waals surface area contributed by atoms with Gasteiger partial charge in [0.05, 0.1) is 33.5 Å². The predicted molar refractivity (Wildman–Crippen MR) is 113 cm³/mol. The summed E-state index contributed by atoms with van der Waals surface area (Å²) in [5, 5.41) is 4.10. The van der Waals surface area contributed by atoms with E-state index in [1.807, 2.05) is 23.9 Å². The molecule has 0 saturated carbocycles. The van der Waals surface area contributed by atoms with Crippen LogP contribution in [0.5, 0.6) is 11.5 Å². The second-order valence-electron chi connectivity index (χ2n) is 6.54. The summed E-state index contributed by atoms with van der Waals surface area (Å²) >= 11 is 2.02. The largest absolute Gasteiger partial charge is 0.497 e. The van der Waals surface area contributed by atoms with Crippen LogP contribution >= 0.6 is 11.8 Å². The number of rotatable bonds is 7. The Morgan fingerprint density at radius 3 is 2.75 bits per heavy atom. The molecule has 7 heteroatoms. The van der Waals surface area contributed by atoms with Crippen LogP contribution in [0.25, 0.3) is 0 Å². The summed E-state index contributed by atoms with van der Waals surface area (Å²) < 4.78 is 10.7. The Bertz CT molecular complexity index is 835. The fraction of sp³-hybridized carbons (Fsp3) is 0.333. The fourth-order valence-electron chi connectivity index (χ4n) is 3.12. The van der Waals surface area contributed by atoms with E-state index in [0.29, 0.717) is 11.3 Å². The predicted octanol–water partition coefficient (Wildman–Crippen LogP) is 1.60. The van der Waals surface area contributed by atoms with Gasteiger partial charge in [0, 0.05) is 22.6 Å². The van der Waals surface area contributed by atoms with Crippen molar-refractivity contribution in [3.05, 3.63) is 59.2 Å². The van der Waals surface area contributed by atoms with Gasteiger partial charge in [-0.15, -0.1) is 0 Å². The van der Waals surface area contributed by atoms with E-state index in [9.17, 15) is 4.79 Å². The SMILES string of the molecule is COc1cccc(C(=O)N/N=C/c2ccc(OC)c(C[NH+]3CCSCC3)c2)c1. The van der Waals surface area contributed by atoms with Gasteiger partial charge in [0.25, 0.3) is 5.91 Å². The van der Waals surface area contributed by atoms with Crippen molar-refractivity contribution in [1.82, 2.24) is 5.43 Å². The number of carbonyl (C=O) groups excluding carboxylic acids is 1. The molecule has 6 nitrogen and oxygen atoms in total. The maximum absolute atomic E-state index is 12.2. The molecule has 3 rings (SSSR count). The number of carbonyl (C=O) groups is 1. The topological polar surface area (TPSA) is 64.4 Å². The van der Waals surface area contributed by atoms with Gasteiger partial charge in [-0.3, -0.25) is 4.79 Å². The molecule has 1 saturated heterocycles. The molecule has 2 aromatic rings. The molecule has 2 aromatic carbocycles. The molecule has 0 aliphatic carbocycles. The highest BCUT2D eigenvalue weighted by molar-refractivity contribution is 7.99. The van der Waals surface area contributed by atoms with Crippen LogP contribution in [0, 0.1) is 0 Å². The second-order valence-corrected chi connectivity index (χ2v) is 7.77. The normalized spacial score (nSPS) is 14.8. The van der Waals surface area contributed by atoms with Crippen molar-refractivity contribution < 1.29 is 19.2 Å². The minimum absolute atomic E-state index is 0.279. The smallest absolute Gasteiger partial charge is 0.271 e. The minimum Gasteiger partial charge on any atom is -0.497 e. The number of thioether (sulfide) groups is 1. The third kappa shape index (κ3) is 5.50. The average molecular weight is 401 g/mol. The van der Waals surface area contributed by atoms with E-state index in [1.54, 1.807) is 49.6 Å². The number of nitrogens with zero attached hydrogens (tertiary/aromatic N) is 1. The van der Waals surface area contributed by atoms with Crippen molar-refractivity contribution in [3.8, 4) is 11.5 Å². The van der Waals surface area contributed by atoms with E-state index < -0.39 is 0 Å². The summed E-state index contributed by atoms with van der Waals surface area (Å²) in [6.07, 6.45) is 1.66. The lowest BCUT2D eigenvalue weighted by Gasteiger charge is -2.24. The lowest BCUT2D eigenvalue weighted by molar-refractivity contribution is -0.910. The summed E-state index contributed by atoms with van der Waals surface area (Å²) in [6, 6.07) is 12.9. The molecule has 2 N–H and O–H groups in total. The Morgan fingerprint density at radius 2 is 2.00 bits per heavy atom. The molecular weight excluding hydrogens is 374 g/mol.